The van der Waals surface area contributed by atoms with Gasteiger partial charge in [0.1, 0.15) is 5.01 Å². The summed E-state index contributed by atoms with van der Waals surface area (Å²) >= 11 is 7.45. The number of benzene rings is 2. The van der Waals surface area contributed by atoms with Crippen LogP contribution in [0, 0.1) is 0 Å². The van der Waals surface area contributed by atoms with Crippen LogP contribution >= 0.6 is 22.9 Å². The number of amides is 1. The quantitative estimate of drug-likeness (QED) is 0.454. The summed E-state index contributed by atoms with van der Waals surface area (Å²) in [6.07, 6.45) is -0.00136. The summed E-state index contributed by atoms with van der Waals surface area (Å²) in [6.45, 7) is 2.63. The Morgan fingerprint density at radius 1 is 1.19 bits per heavy atom. The van der Waals surface area contributed by atoms with Crippen LogP contribution in [0.15, 0.2) is 47.8 Å². The lowest BCUT2D eigenvalue weighted by Crippen LogP contribution is -2.34. The van der Waals surface area contributed by atoms with Crippen molar-refractivity contribution in [1.82, 2.24) is 9.88 Å². The molecule has 2 heterocycles. The van der Waals surface area contributed by atoms with Crippen LogP contribution in [0.4, 0.5) is 0 Å². The fraction of sp³-hybridized carbons (Fsp3) is 0.261. The zero-order valence-electron chi connectivity index (χ0n) is 17.4. The molecule has 7 nitrogen and oxygen atoms in total. The monoisotopic (exact) mass is 472 g/mol. The van der Waals surface area contributed by atoms with Crippen LogP contribution in [0.3, 0.4) is 0 Å². The van der Waals surface area contributed by atoms with E-state index >= 15 is 0 Å². The molecule has 0 radical (unpaired) electrons. The Bertz CT molecular complexity index is 1130. The molecule has 0 bridgehead atoms. The van der Waals surface area contributed by atoms with Gasteiger partial charge in [-0.3, -0.25) is 9.59 Å². The van der Waals surface area contributed by atoms with Crippen LogP contribution in [0.25, 0.3) is 10.6 Å². The van der Waals surface area contributed by atoms with E-state index in [1.165, 1.54) is 11.3 Å². The standard InChI is InChI=1S/C23H21ClN2O5S/c1-2-26(11-15-6-7-19-20(8-15)31-14-30-19)21(27)12-29-22(28)10-18-13-32-23(25-18)16-4-3-5-17(24)9-16/h3-9,13H,2,10-12,14H2,1H3. The summed E-state index contributed by atoms with van der Waals surface area (Å²) in [7, 11) is 0. The van der Waals surface area contributed by atoms with Crippen molar-refractivity contribution in [2.45, 2.75) is 19.9 Å². The molecule has 0 saturated carbocycles. The number of hydrogen-bond acceptors (Lipinski definition) is 7. The van der Waals surface area contributed by atoms with Crippen LogP contribution in [-0.4, -0.2) is 41.7 Å². The molecule has 0 fully saturated rings. The van der Waals surface area contributed by atoms with Gasteiger partial charge < -0.3 is 19.1 Å². The lowest BCUT2D eigenvalue weighted by molar-refractivity contribution is -0.151. The molecule has 4 rings (SSSR count). The Kier molecular flexibility index (Phi) is 6.92. The summed E-state index contributed by atoms with van der Waals surface area (Å²) in [4.78, 5) is 30.9. The second-order valence-corrected chi connectivity index (χ2v) is 8.38. The maximum absolute atomic E-state index is 12.6. The van der Waals surface area contributed by atoms with Crippen molar-refractivity contribution in [3.63, 3.8) is 0 Å². The highest BCUT2D eigenvalue weighted by Gasteiger charge is 2.18. The van der Waals surface area contributed by atoms with Crippen molar-refractivity contribution in [2.24, 2.45) is 0 Å². The van der Waals surface area contributed by atoms with E-state index in [0.29, 0.717) is 35.3 Å². The molecule has 0 unspecified atom stereocenters. The van der Waals surface area contributed by atoms with Gasteiger partial charge in [0, 0.05) is 29.1 Å². The second-order valence-electron chi connectivity index (χ2n) is 7.09. The van der Waals surface area contributed by atoms with E-state index in [9.17, 15) is 9.59 Å². The van der Waals surface area contributed by atoms with E-state index in [-0.39, 0.29) is 25.7 Å². The van der Waals surface area contributed by atoms with Gasteiger partial charge in [0.05, 0.1) is 12.1 Å². The van der Waals surface area contributed by atoms with E-state index in [1.54, 1.807) is 16.3 Å². The zero-order chi connectivity index (χ0) is 22.5. The van der Waals surface area contributed by atoms with E-state index in [0.717, 1.165) is 16.1 Å². The van der Waals surface area contributed by atoms with Crippen LogP contribution in [0.2, 0.25) is 5.02 Å². The van der Waals surface area contributed by atoms with Crippen LogP contribution < -0.4 is 9.47 Å². The predicted molar refractivity (Wildman–Crippen MR) is 121 cm³/mol. The van der Waals surface area contributed by atoms with Gasteiger partial charge in [-0.1, -0.05) is 29.8 Å². The third-order valence-corrected chi connectivity index (χ3v) is 6.03. The number of nitrogens with zero attached hydrogens (tertiary/aromatic N) is 2. The van der Waals surface area contributed by atoms with Crippen LogP contribution in [0.1, 0.15) is 18.2 Å². The average molecular weight is 473 g/mol. The second kappa shape index (κ2) is 10.0. The number of rotatable bonds is 8. The molecule has 0 saturated heterocycles. The summed E-state index contributed by atoms with van der Waals surface area (Å²) in [5, 5.41) is 3.20. The minimum Gasteiger partial charge on any atom is -0.455 e. The average Bonchev–Trinajstić information content (AvgIpc) is 3.45. The Labute approximate surface area is 194 Å². The number of thiazole rings is 1. The highest BCUT2D eigenvalue weighted by molar-refractivity contribution is 7.13. The van der Waals surface area contributed by atoms with Gasteiger partial charge in [0.2, 0.25) is 6.79 Å². The molecule has 0 N–H and O–H groups in total. The van der Waals surface area contributed by atoms with Crippen LogP contribution in [0.5, 0.6) is 11.5 Å². The maximum Gasteiger partial charge on any atom is 0.312 e. The number of ether oxygens (including phenoxy) is 3. The molecule has 9 heteroatoms. The third kappa shape index (κ3) is 5.38. The first-order valence-electron chi connectivity index (χ1n) is 10.0. The number of halogens is 1. The first-order chi connectivity index (χ1) is 15.5. The number of carbonyl (C=O) groups excluding carboxylic acids is 2. The van der Waals surface area contributed by atoms with Gasteiger partial charge in [-0.25, -0.2) is 4.98 Å². The van der Waals surface area contributed by atoms with Gasteiger partial charge in [-0.15, -0.1) is 11.3 Å². The number of carbonyl (C=O) groups is 2. The van der Waals surface area contributed by atoms with Crippen molar-refractivity contribution in [1.29, 1.82) is 0 Å². The van der Waals surface area contributed by atoms with Crippen molar-refractivity contribution in [3.05, 3.63) is 64.1 Å². The maximum atomic E-state index is 12.6. The SMILES string of the molecule is CCN(Cc1ccc2c(c1)OCO2)C(=O)COC(=O)Cc1csc(-c2cccc(Cl)c2)n1. The fourth-order valence-electron chi connectivity index (χ4n) is 3.21. The molecule has 1 aliphatic rings. The number of likely N-dealkylation sites (N-methyl/N-ethyl adjacent to an activating group) is 1. The highest BCUT2D eigenvalue weighted by Crippen LogP contribution is 2.32. The fourth-order valence-corrected chi connectivity index (χ4v) is 4.22. The lowest BCUT2D eigenvalue weighted by atomic mass is 10.2. The normalized spacial score (nSPS) is 11.9. The van der Waals surface area contributed by atoms with E-state index in [4.69, 9.17) is 25.8 Å². The highest BCUT2D eigenvalue weighted by atomic mass is 35.5. The Hall–Kier alpha value is -3.10. The van der Waals surface area contributed by atoms with E-state index in [2.05, 4.69) is 4.98 Å². The Morgan fingerprint density at radius 3 is 2.84 bits per heavy atom. The van der Waals surface area contributed by atoms with Gasteiger partial charge in [-0.05, 0) is 36.8 Å². The molecule has 1 aromatic heterocycles. The zero-order valence-corrected chi connectivity index (χ0v) is 18.9. The summed E-state index contributed by atoms with van der Waals surface area (Å²) in [6, 6.07) is 12.9. The number of hydrogen-bond donors (Lipinski definition) is 0. The molecular formula is C23H21ClN2O5S. The summed E-state index contributed by atoms with van der Waals surface area (Å²) < 4.78 is 15.9. The first kappa shape index (κ1) is 22.1. The third-order valence-electron chi connectivity index (χ3n) is 4.85. The van der Waals surface area contributed by atoms with Crippen molar-refractivity contribution < 1.29 is 23.8 Å². The van der Waals surface area contributed by atoms with Gasteiger partial charge in [-0.2, -0.15) is 0 Å². The molecule has 0 atom stereocenters. The van der Waals surface area contributed by atoms with Crippen LogP contribution in [-0.2, 0) is 27.3 Å². The van der Waals surface area contributed by atoms with Crippen molar-refractivity contribution in [2.75, 3.05) is 19.9 Å². The van der Waals surface area contributed by atoms with Crippen molar-refractivity contribution >= 4 is 34.8 Å². The molecule has 2 aromatic carbocycles. The number of aromatic nitrogens is 1. The minimum atomic E-state index is -0.500. The molecule has 1 amide bonds. The summed E-state index contributed by atoms with van der Waals surface area (Å²) in [5.41, 5.74) is 2.39. The van der Waals surface area contributed by atoms with Gasteiger partial charge in [0.25, 0.3) is 5.91 Å². The Morgan fingerprint density at radius 2 is 2.03 bits per heavy atom. The predicted octanol–water partition coefficient (Wildman–Crippen LogP) is 4.33. The molecule has 166 valence electrons. The lowest BCUT2D eigenvalue weighted by Gasteiger charge is -2.21. The topological polar surface area (TPSA) is 78.0 Å². The minimum absolute atomic E-state index is 0.00136. The van der Waals surface area contributed by atoms with Crippen molar-refractivity contribution in [3.8, 4) is 22.1 Å². The first-order valence-corrected chi connectivity index (χ1v) is 11.3. The van der Waals surface area contributed by atoms with E-state index < -0.39 is 5.97 Å². The van der Waals surface area contributed by atoms with E-state index in [1.807, 2.05) is 43.3 Å². The smallest absolute Gasteiger partial charge is 0.312 e. The van der Waals surface area contributed by atoms with Gasteiger partial charge in [0.15, 0.2) is 18.1 Å². The number of esters is 1. The Balaban J connectivity index is 1.29. The largest absolute Gasteiger partial charge is 0.455 e. The number of fused-ring (bicyclic) bond motifs is 1. The molecule has 0 spiro atoms. The molecule has 1 aliphatic heterocycles. The molecular weight excluding hydrogens is 452 g/mol. The summed E-state index contributed by atoms with van der Waals surface area (Å²) in [5.74, 6) is 0.590. The molecule has 3 aromatic rings. The molecule has 0 aliphatic carbocycles. The molecule has 32 heavy (non-hydrogen) atoms. The van der Waals surface area contributed by atoms with Gasteiger partial charge >= 0.3 is 5.97 Å².